The van der Waals surface area contributed by atoms with Gasteiger partial charge in [0, 0.05) is 24.2 Å². The lowest BCUT2D eigenvalue weighted by Gasteiger charge is -2.10. The lowest BCUT2D eigenvalue weighted by atomic mass is 10.1. The number of benzene rings is 1. The molecule has 0 unspecified atom stereocenters. The van der Waals surface area contributed by atoms with E-state index in [0.29, 0.717) is 12.1 Å². The van der Waals surface area contributed by atoms with Gasteiger partial charge in [0.15, 0.2) is 0 Å². The fourth-order valence-electron chi connectivity index (χ4n) is 2.07. The first-order valence-electron chi connectivity index (χ1n) is 7.04. The maximum Gasteiger partial charge on any atom is 0.271 e. The Hall–Kier alpha value is -1.94. The van der Waals surface area contributed by atoms with E-state index >= 15 is 0 Å². The Morgan fingerprint density at radius 3 is 2.55 bits per heavy atom. The molecule has 0 radical (unpaired) electrons. The van der Waals surface area contributed by atoms with Crippen LogP contribution in [0.15, 0.2) is 35.1 Å². The molecule has 0 atom stereocenters. The minimum Gasteiger partial charge on any atom is -0.326 e. The molecular formula is C16H21N3O. The number of aryl methyl sites for hydroxylation is 2. The summed E-state index contributed by atoms with van der Waals surface area (Å²) in [6.07, 6.45) is 1.97. The van der Waals surface area contributed by atoms with Gasteiger partial charge in [0.2, 0.25) is 0 Å². The second-order valence-corrected chi connectivity index (χ2v) is 5.01. The Labute approximate surface area is 119 Å². The zero-order valence-electron chi connectivity index (χ0n) is 12.1. The first-order chi connectivity index (χ1) is 9.65. The van der Waals surface area contributed by atoms with E-state index in [2.05, 4.69) is 12.0 Å². The first kappa shape index (κ1) is 14.5. The molecule has 4 nitrogen and oxygen atoms in total. The zero-order valence-corrected chi connectivity index (χ0v) is 12.1. The third-order valence-corrected chi connectivity index (χ3v) is 3.34. The molecule has 0 spiro atoms. The predicted octanol–water partition coefficient (Wildman–Crippen LogP) is 2.48. The van der Waals surface area contributed by atoms with Gasteiger partial charge in [0.1, 0.15) is 0 Å². The molecule has 20 heavy (non-hydrogen) atoms. The van der Waals surface area contributed by atoms with Gasteiger partial charge in [-0.25, -0.2) is 4.68 Å². The number of unbranched alkanes of at least 4 members (excludes halogenated alkanes) is 1. The van der Waals surface area contributed by atoms with Crippen molar-refractivity contribution >= 4 is 0 Å². The lowest BCUT2D eigenvalue weighted by molar-refractivity contribution is 0.540. The SMILES string of the molecule is CCCCn1nc(-c2ccc(C)cc2)cc(CN)c1=O. The van der Waals surface area contributed by atoms with Crippen molar-refractivity contribution in [2.24, 2.45) is 5.73 Å². The van der Waals surface area contributed by atoms with Crippen LogP contribution in [-0.4, -0.2) is 9.78 Å². The summed E-state index contributed by atoms with van der Waals surface area (Å²) in [5.74, 6) is 0. The molecule has 1 aromatic heterocycles. The van der Waals surface area contributed by atoms with E-state index in [1.165, 1.54) is 5.56 Å². The molecule has 4 heteroatoms. The minimum absolute atomic E-state index is 0.0724. The quantitative estimate of drug-likeness (QED) is 0.908. The van der Waals surface area contributed by atoms with Gasteiger partial charge in [-0.3, -0.25) is 4.79 Å². The van der Waals surface area contributed by atoms with Crippen molar-refractivity contribution in [3.05, 3.63) is 51.8 Å². The van der Waals surface area contributed by atoms with Crippen LogP contribution in [0.2, 0.25) is 0 Å². The normalized spacial score (nSPS) is 10.8. The topological polar surface area (TPSA) is 60.9 Å². The Morgan fingerprint density at radius 2 is 1.95 bits per heavy atom. The first-order valence-corrected chi connectivity index (χ1v) is 7.04. The maximum atomic E-state index is 12.2. The molecule has 2 rings (SSSR count). The van der Waals surface area contributed by atoms with E-state index < -0.39 is 0 Å². The molecule has 0 aliphatic rings. The van der Waals surface area contributed by atoms with Crippen LogP contribution < -0.4 is 11.3 Å². The van der Waals surface area contributed by atoms with Crippen molar-refractivity contribution in [3.63, 3.8) is 0 Å². The Kier molecular flexibility index (Phi) is 4.69. The van der Waals surface area contributed by atoms with Gasteiger partial charge < -0.3 is 5.73 Å². The molecule has 0 saturated carbocycles. The summed E-state index contributed by atoms with van der Waals surface area (Å²) < 4.78 is 1.54. The predicted molar refractivity (Wildman–Crippen MR) is 81.5 cm³/mol. The smallest absolute Gasteiger partial charge is 0.271 e. The van der Waals surface area contributed by atoms with Crippen LogP contribution in [0.5, 0.6) is 0 Å². The van der Waals surface area contributed by atoms with E-state index in [0.717, 1.165) is 24.1 Å². The van der Waals surface area contributed by atoms with Crippen LogP contribution in [0, 0.1) is 6.92 Å². The molecule has 0 bridgehead atoms. The maximum absolute atomic E-state index is 12.2. The highest BCUT2D eigenvalue weighted by Gasteiger charge is 2.08. The van der Waals surface area contributed by atoms with Gasteiger partial charge in [-0.2, -0.15) is 5.10 Å². The van der Waals surface area contributed by atoms with Crippen LogP contribution in [0.4, 0.5) is 0 Å². The second kappa shape index (κ2) is 6.48. The summed E-state index contributed by atoms with van der Waals surface area (Å²) in [5.41, 5.74) is 9.24. The van der Waals surface area contributed by atoms with E-state index in [4.69, 9.17) is 5.73 Å². The highest BCUT2D eigenvalue weighted by molar-refractivity contribution is 5.59. The number of nitrogens with two attached hydrogens (primary N) is 1. The van der Waals surface area contributed by atoms with Gasteiger partial charge in [-0.15, -0.1) is 0 Å². The van der Waals surface area contributed by atoms with Crippen molar-refractivity contribution in [2.75, 3.05) is 0 Å². The van der Waals surface area contributed by atoms with E-state index in [9.17, 15) is 4.79 Å². The number of hydrogen-bond donors (Lipinski definition) is 1. The number of nitrogens with zero attached hydrogens (tertiary/aromatic N) is 2. The molecule has 0 fully saturated rings. The summed E-state index contributed by atoms with van der Waals surface area (Å²) in [7, 11) is 0. The van der Waals surface area contributed by atoms with Crippen LogP contribution in [0.3, 0.4) is 0 Å². The lowest BCUT2D eigenvalue weighted by Crippen LogP contribution is -2.28. The van der Waals surface area contributed by atoms with Gasteiger partial charge in [-0.05, 0) is 19.4 Å². The fourth-order valence-corrected chi connectivity index (χ4v) is 2.07. The molecule has 1 aromatic carbocycles. The van der Waals surface area contributed by atoms with Crippen molar-refractivity contribution in [3.8, 4) is 11.3 Å². The van der Waals surface area contributed by atoms with Crippen LogP contribution in [0.1, 0.15) is 30.9 Å². The second-order valence-electron chi connectivity index (χ2n) is 5.01. The van der Waals surface area contributed by atoms with Gasteiger partial charge in [0.05, 0.1) is 5.69 Å². The monoisotopic (exact) mass is 271 g/mol. The largest absolute Gasteiger partial charge is 0.326 e. The van der Waals surface area contributed by atoms with Gasteiger partial charge in [-0.1, -0.05) is 43.2 Å². The summed E-state index contributed by atoms with van der Waals surface area (Å²) in [6, 6.07) is 9.93. The van der Waals surface area contributed by atoms with E-state index in [1.807, 2.05) is 31.2 Å². The van der Waals surface area contributed by atoms with Crippen molar-refractivity contribution in [2.45, 2.75) is 39.8 Å². The zero-order chi connectivity index (χ0) is 14.5. The van der Waals surface area contributed by atoms with Crippen molar-refractivity contribution < 1.29 is 0 Å². The van der Waals surface area contributed by atoms with Crippen molar-refractivity contribution in [1.29, 1.82) is 0 Å². The number of rotatable bonds is 5. The van der Waals surface area contributed by atoms with Crippen molar-refractivity contribution in [1.82, 2.24) is 9.78 Å². The third-order valence-electron chi connectivity index (χ3n) is 3.34. The van der Waals surface area contributed by atoms with Crippen LogP contribution in [-0.2, 0) is 13.1 Å². The molecule has 2 aromatic rings. The van der Waals surface area contributed by atoms with E-state index in [1.54, 1.807) is 10.7 Å². The van der Waals surface area contributed by atoms with Crippen LogP contribution in [0.25, 0.3) is 11.3 Å². The molecule has 0 aliphatic carbocycles. The molecule has 0 aliphatic heterocycles. The minimum atomic E-state index is -0.0724. The number of aromatic nitrogens is 2. The van der Waals surface area contributed by atoms with E-state index in [-0.39, 0.29) is 12.1 Å². The Morgan fingerprint density at radius 1 is 1.25 bits per heavy atom. The summed E-state index contributed by atoms with van der Waals surface area (Å²) >= 11 is 0. The fraction of sp³-hybridized carbons (Fsp3) is 0.375. The Balaban J connectivity index is 2.47. The van der Waals surface area contributed by atoms with Gasteiger partial charge >= 0.3 is 0 Å². The highest BCUT2D eigenvalue weighted by Crippen LogP contribution is 2.17. The molecule has 0 saturated heterocycles. The average Bonchev–Trinajstić information content (AvgIpc) is 2.47. The number of hydrogen-bond acceptors (Lipinski definition) is 3. The Bertz CT molecular complexity index is 629. The summed E-state index contributed by atoms with van der Waals surface area (Å²) in [4.78, 5) is 12.2. The molecule has 0 amide bonds. The summed E-state index contributed by atoms with van der Waals surface area (Å²) in [6.45, 7) is 5.03. The molecule has 1 heterocycles. The van der Waals surface area contributed by atoms with Gasteiger partial charge in [0.25, 0.3) is 5.56 Å². The highest BCUT2D eigenvalue weighted by atomic mass is 16.1. The average molecular weight is 271 g/mol. The molecule has 106 valence electrons. The van der Waals surface area contributed by atoms with Crippen LogP contribution >= 0.6 is 0 Å². The summed E-state index contributed by atoms with van der Waals surface area (Å²) in [5, 5.41) is 4.47. The standard InChI is InChI=1S/C16H21N3O/c1-3-4-9-19-16(20)14(11-17)10-15(18-19)13-7-5-12(2)6-8-13/h5-8,10H,3-4,9,11,17H2,1-2H3. The third kappa shape index (κ3) is 3.14. The molecular weight excluding hydrogens is 250 g/mol. The molecule has 2 N–H and O–H groups in total.